The summed E-state index contributed by atoms with van der Waals surface area (Å²) in [5, 5.41) is 2.44. The standard InChI is InChI=1S/C54H39N/c1-54(44-22-6-3-7-23-44)50-27-12-10-25-49(50)53-48(26-15-28-51(53)54)40-31-33-45(34-32-40)55(46-35-30-39-18-8-9-19-42(39)37-46)52-29-13-11-24-47(52)43-21-14-20-41(36-43)38-16-4-2-5-17-38/h2-37H,1H3. The number of rotatable bonds is 7. The Kier molecular flexibility index (Phi) is 8.00. The van der Waals surface area contributed by atoms with Gasteiger partial charge in [0.25, 0.3) is 0 Å². The zero-order chi connectivity index (χ0) is 36.8. The highest BCUT2D eigenvalue weighted by atomic mass is 15.1. The van der Waals surface area contributed by atoms with E-state index < -0.39 is 0 Å². The molecule has 260 valence electrons. The second-order valence-electron chi connectivity index (χ2n) is 14.6. The van der Waals surface area contributed by atoms with Gasteiger partial charge < -0.3 is 4.90 Å². The molecule has 0 heterocycles. The molecule has 9 aromatic carbocycles. The van der Waals surface area contributed by atoms with Gasteiger partial charge in [0.05, 0.1) is 5.69 Å². The molecule has 1 heteroatoms. The maximum absolute atomic E-state index is 2.41. The zero-order valence-electron chi connectivity index (χ0n) is 30.7. The maximum atomic E-state index is 2.41. The van der Waals surface area contributed by atoms with E-state index in [-0.39, 0.29) is 5.41 Å². The van der Waals surface area contributed by atoms with Gasteiger partial charge >= 0.3 is 0 Å². The molecule has 0 aliphatic heterocycles. The molecule has 0 saturated carbocycles. The van der Waals surface area contributed by atoms with Crippen molar-refractivity contribution in [2.24, 2.45) is 0 Å². The summed E-state index contributed by atoms with van der Waals surface area (Å²) in [7, 11) is 0. The third kappa shape index (κ3) is 5.56. The number of hydrogen-bond donors (Lipinski definition) is 0. The zero-order valence-corrected chi connectivity index (χ0v) is 30.7. The van der Waals surface area contributed by atoms with Gasteiger partial charge in [0.15, 0.2) is 0 Å². The van der Waals surface area contributed by atoms with Gasteiger partial charge in [-0.05, 0) is 110 Å². The Morgan fingerprint density at radius 2 is 0.927 bits per heavy atom. The molecule has 0 saturated heterocycles. The van der Waals surface area contributed by atoms with Crippen molar-refractivity contribution in [2.45, 2.75) is 12.3 Å². The highest BCUT2D eigenvalue weighted by Crippen LogP contribution is 2.55. The van der Waals surface area contributed by atoms with Gasteiger partial charge in [0, 0.05) is 22.4 Å². The van der Waals surface area contributed by atoms with Gasteiger partial charge in [0.2, 0.25) is 0 Å². The Bertz CT molecular complexity index is 2820. The molecular weight excluding hydrogens is 663 g/mol. The number of para-hydroxylation sites is 1. The molecule has 1 aliphatic rings. The number of nitrogens with zero attached hydrogens (tertiary/aromatic N) is 1. The lowest BCUT2D eigenvalue weighted by Crippen LogP contribution is -2.22. The molecule has 1 aliphatic carbocycles. The first-order chi connectivity index (χ1) is 27.2. The Morgan fingerprint density at radius 1 is 0.345 bits per heavy atom. The number of hydrogen-bond acceptors (Lipinski definition) is 1. The minimum Gasteiger partial charge on any atom is -0.310 e. The van der Waals surface area contributed by atoms with Crippen molar-refractivity contribution >= 4 is 27.8 Å². The van der Waals surface area contributed by atoms with Crippen LogP contribution in [-0.2, 0) is 5.41 Å². The van der Waals surface area contributed by atoms with Crippen LogP contribution in [0, 0.1) is 0 Å². The summed E-state index contributed by atoms with van der Waals surface area (Å²) in [5.41, 5.74) is 17.0. The second-order valence-corrected chi connectivity index (χ2v) is 14.6. The van der Waals surface area contributed by atoms with Crippen LogP contribution in [0.4, 0.5) is 17.1 Å². The van der Waals surface area contributed by atoms with Gasteiger partial charge in [-0.2, -0.15) is 0 Å². The van der Waals surface area contributed by atoms with Crippen LogP contribution in [0.1, 0.15) is 23.6 Å². The lowest BCUT2D eigenvalue weighted by Gasteiger charge is -2.29. The van der Waals surface area contributed by atoms with Crippen LogP contribution < -0.4 is 4.90 Å². The summed E-state index contributed by atoms with van der Waals surface area (Å²) in [4.78, 5) is 2.41. The predicted octanol–water partition coefficient (Wildman–Crippen LogP) is 14.6. The third-order valence-electron chi connectivity index (χ3n) is 11.5. The van der Waals surface area contributed by atoms with Crippen molar-refractivity contribution in [1.82, 2.24) is 0 Å². The maximum Gasteiger partial charge on any atom is 0.0540 e. The lowest BCUT2D eigenvalue weighted by molar-refractivity contribution is 0.714. The molecule has 0 amide bonds. The summed E-state index contributed by atoms with van der Waals surface area (Å²) < 4.78 is 0. The van der Waals surface area contributed by atoms with Gasteiger partial charge in [-0.25, -0.2) is 0 Å². The van der Waals surface area contributed by atoms with Gasteiger partial charge in [-0.1, -0.05) is 182 Å². The van der Waals surface area contributed by atoms with E-state index in [1.807, 2.05) is 0 Å². The third-order valence-corrected chi connectivity index (χ3v) is 11.5. The van der Waals surface area contributed by atoms with E-state index in [1.54, 1.807) is 0 Å². The Labute approximate surface area is 323 Å². The summed E-state index contributed by atoms with van der Waals surface area (Å²) in [6, 6.07) is 79.7. The first kappa shape index (κ1) is 32.7. The molecule has 0 aromatic heterocycles. The van der Waals surface area contributed by atoms with E-state index in [0.29, 0.717) is 0 Å². The van der Waals surface area contributed by atoms with Gasteiger partial charge in [-0.15, -0.1) is 0 Å². The molecule has 0 radical (unpaired) electrons. The van der Waals surface area contributed by atoms with Gasteiger partial charge in [-0.3, -0.25) is 0 Å². The molecule has 1 atom stereocenters. The SMILES string of the molecule is CC1(c2ccccc2)c2ccccc2-c2c(-c3ccc(N(c4ccc5ccccc5c4)c4ccccc4-c4cccc(-c5ccccc5)c4)cc3)cccc21. The van der Waals surface area contributed by atoms with Crippen molar-refractivity contribution < 1.29 is 0 Å². The van der Waals surface area contributed by atoms with Crippen LogP contribution in [0.25, 0.3) is 55.3 Å². The van der Waals surface area contributed by atoms with Crippen LogP contribution in [0.2, 0.25) is 0 Å². The van der Waals surface area contributed by atoms with E-state index in [9.17, 15) is 0 Å². The summed E-state index contributed by atoms with van der Waals surface area (Å²) in [6.45, 7) is 2.38. The monoisotopic (exact) mass is 701 g/mol. The minimum absolute atomic E-state index is 0.239. The molecule has 0 fully saturated rings. The van der Waals surface area contributed by atoms with Crippen molar-refractivity contribution in [3.63, 3.8) is 0 Å². The fraction of sp³-hybridized carbons (Fsp3) is 0.0370. The van der Waals surface area contributed by atoms with Crippen LogP contribution in [0.3, 0.4) is 0 Å². The fourth-order valence-electron chi connectivity index (χ4n) is 8.81. The first-order valence-electron chi connectivity index (χ1n) is 19.1. The smallest absolute Gasteiger partial charge is 0.0540 e. The normalized spacial score (nSPS) is 14.3. The largest absolute Gasteiger partial charge is 0.310 e. The summed E-state index contributed by atoms with van der Waals surface area (Å²) >= 11 is 0. The van der Waals surface area contributed by atoms with Crippen molar-refractivity contribution in [2.75, 3.05) is 4.90 Å². The second kappa shape index (κ2) is 13.5. The molecule has 10 rings (SSSR count). The molecule has 0 spiro atoms. The summed E-state index contributed by atoms with van der Waals surface area (Å²) in [5.74, 6) is 0. The van der Waals surface area contributed by atoms with Gasteiger partial charge in [0.1, 0.15) is 0 Å². The molecule has 9 aromatic rings. The van der Waals surface area contributed by atoms with Crippen LogP contribution in [-0.4, -0.2) is 0 Å². The number of fused-ring (bicyclic) bond motifs is 4. The van der Waals surface area contributed by atoms with E-state index in [2.05, 4.69) is 230 Å². The quantitative estimate of drug-likeness (QED) is 0.160. The predicted molar refractivity (Wildman–Crippen MR) is 232 cm³/mol. The number of anilines is 3. The average Bonchev–Trinajstić information content (AvgIpc) is 3.53. The van der Waals surface area contributed by atoms with Crippen LogP contribution in [0.5, 0.6) is 0 Å². The van der Waals surface area contributed by atoms with E-state index >= 15 is 0 Å². The van der Waals surface area contributed by atoms with E-state index in [0.717, 1.165) is 17.1 Å². The topological polar surface area (TPSA) is 3.24 Å². The average molecular weight is 702 g/mol. The molecule has 1 unspecified atom stereocenters. The highest BCUT2D eigenvalue weighted by molar-refractivity contribution is 5.96. The van der Waals surface area contributed by atoms with Crippen molar-refractivity contribution in [3.05, 3.63) is 235 Å². The van der Waals surface area contributed by atoms with E-state index in [1.165, 1.54) is 72.0 Å². The Balaban J connectivity index is 1.12. The Morgan fingerprint density at radius 3 is 1.75 bits per heavy atom. The van der Waals surface area contributed by atoms with Crippen molar-refractivity contribution in [1.29, 1.82) is 0 Å². The van der Waals surface area contributed by atoms with Crippen molar-refractivity contribution in [3.8, 4) is 44.5 Å². The molecule has 1 nitrogen and oxygen atoms in total. The van der Waals surface area contributed by atoms with Crippen LogP contribution >= 0.6 is 0 Å². The lowest BCUT2D eigenvalue weighted by atomic mass is 9.74. The summed E-state index contributed by atoms with van der Waals surface area (Å²) in [6.07, 6.45) is 0. The minimum atomic E-state index is -0.239. The number of benzene rings is 9. The Hall–Kier alpha value is -6.96. The van der Waals surface area contributed by atoms with E-state index in [4.69, 9.17) is 0 Å². The molecule has 55 heavy (non-hydrogen) atoms. The first-order valence-corrected chi connectivity index (χ1v) is 19.1. The van der Waals surface area contributed by atoms with Crippen LogP contribution in [0.15, 0.2) is 218 Å². The molecular formula is C54H39N. The fourth-order valence-corrected chi connectivity index (χ4v) is 8.81. The highest BCUT2D eigenvalue weighted by Gasteiger charge is 2.41. The molecule has 0 bridgehead atoms. The molecule has 0 N–H and O–H groups in total.